The number of fused-ring (bicyclic) bond motifs is 1. The van der Waals surface area contributed by atoms with E-state index < -0.39 is 0 Å². The Morgan fingerprint density at radius 2 is 1.93 bits per heavy atom. The fourth-order valence-corrected chi connectivity index (χ4v) is 4.63. The average Bonchev–Trinajstić information content (AvgIpc) is 3.13. The topological polar surface area (TPSA) is 31.1 Å². The fourth-order valence-electron chi connectivity index (χ4n) is 4.14. The lowest BCUT2D eigenvalue weighted by Gasteiger charge is -2.36. The average molecular weight is 412 g/mol. The van der Waals surface area contributed by atoms with E-state index in [1.807, 2.05) is 25.1 Å². The van der Waals surface area contributed by atoms with E-state index in [2.05, 4.69) is 45.7 Å². The van der Waals surface area contributed by atoms with Gasteiger partial charge in [0.05, 0.1) is 0 Å². The van der Waals surface area contributed by atoms with Crippen LogP contribution < -0.4 is 5.32 Å². The van der Waals surface area contributed by atoms with Crippen LogP contribution in [0.1, 0.15) is 43.2 Å². The van der Waals surface area contributed by atoms with Gasteiger partial charge in [-0.25, -0.2) is 0 Å². The Kier molecular flexibility index (Phi) is 5.88. The van der Waals surface area contributed by atoms with E-state index in [1.54, 1.807) is 0 Å². The zero-order valence-electron chi connectivity index (χ0n) is 16.2. The molecule has 0 bridgehead atoms. The van der Waals surface area contributed by atoms with Gasteiger partial charge in [-0.05, 0) is 61.3 Å². The van der Waals surface area contributed by atoms with Gasteiger partial charge in [-0.15, -0.1) is 0 Å². The highest BCUT2D eigenvalue weighted by Gasteiger charge is 2.24. The summed E-state index contributed by atoms with van der Waals surface area (Å²) < 4.78 is 0. The molecule has 1 saturated carbocycles. The molecule has 28 heavy (non-hydrogen) atoms. The lowest BCUT2D eigenvalue weighted by Crippen LogP contribution is -2.43. The molecule has 0 atom stereocenters. The number of para-hydroxylation sites is 1. The van der Waals surface area contributed by atoms with Crippen molar-refractivity contribution >= 4 is 45.5 Å². The van der Waals surface area contributed by atoms with Gasteiger partial charge in [0.2, 0.25) is 0 Å². The van der Waals surface area contributed by atoms with Crippen LogP contribution in [0.3, 0.4) is 0 Å². The minimum atomic E-state index is 0.474. The van der Waals surface area contributed by atoms with Crippen molar-refractivity contribution in [2.75, 3.05) is 5.32 Å². The van der Waals surface area contributed by atoms with Crippen molar-refractivity contribution in [2.24, 2.45) is 0 Å². The summed E-state index contributed by atoms with van der Waals surface area (Å²) in [6, 6.07) is 14.8. The number of nitrogens with one attached hydrogen (secondary N) is 2. The molecule has 0 saturated heterocycles. The Morgan fingerprint density at radius 1 is 1.14 bits per heavy atom. The number of nitrogens with zero attached hydrogens (tertiary/aromatic N) is 1. The maximum absolute atomic E-state index is 6.30. The van der Waals surface area contributed by atoms with Gasteiger partial charge in [0.25, 0.3) is 0 Å². The number of hydrogen-bond donors (Lipinski definition) is 2. The van der Waals surface area contributed by atoms with Gasteiger partial charge in [-0.2, -0.15) is 0 Å². The standard InChI is InChI=1S/C23H26ClN3S/c1-16-20(24)11-7-13-21(16)26-23(28)27(18-8-3-2-4-9-18)15-17-14-25-22-12-6-5-10-19(17)22/h5-7,10-14,18,25H,2-4,8-9,15H2,1H3,(H,26,28). The second-order valence-electron chi connectivity index (χ2n) is 7.62. The summed E-state index contributed by atoms with van der Waals surface area (Å²) >= 11 is 12.2. The first-order valence-corrected chi connectivity index (χ1v) is 10.8. The molecule has 1 aliphatic carbocycles. The number of aromatic nitrogens is 1. The zero-order valence-corrected chi connectivity index (χ0v) is 17.7. The molecule has 5 heteroatoms. The summed E-state index contributed by atoms with van der Waals surface area (Å²) in [5.74, 6) is 0. The summed E-state index contributed by atoms with van der Waals surface area (Å²) in [4.78, 5) is 5.77. The van der Waals surface area contributed by atoms with Crippen molar-refractivity contribution in [3.63, 3.8) is 0 Å². The highest BCUT2D eigenvalue weighted by atomic mass is 35.5. The predicted molar refractivity (Wildman–Crippen MR) is 123 cm³/mol. The highest BCUT2D eigenvalue weighted by Crippen LogP contribution is 2.28. The smallest absolute Gasteiger partial charge is 0.173 e. The molecule has 2 aromatic carbocycles. The van der Waals surface area contributed by atoms with Crippen molar-refractivity contribution in [1.82, 2.24) is 9.88 Å². The molecule has 0 radical (unpaired) electrons. The van der Waals surface area contributed by atoms with Crippen LogP contribution in [-0.2, 0) is 6.54 Å². The molecule has 0 unspecified atom stereocenters. The van der Waals surface area contributed by atoms with Crippen LogP contribution >= 0.6 is 23.8 Å². The molecule has 1 heterocycles. The number of H-pyrrole nitrogens is 1. The first kappa shape index (κ1) is 19.3. The Labute approximate surface area is 177 Å². The van der Waals surface area contributed by atoms with Crippen LogP contribution in [0.4, 0.5) is 5.69 Å². The predicted octanol–water partition coefficient (Wildman–Crippen LogP) is 6.66. The van der Waals surface area contributed by atoms with Gasteiger partial charge in [-0.1, -0.05) is 55.1 Å². The highest BCUT2D eigenvalue weighted by molar-refractivity contribution is 7.80. The summed E-state index contributed by atoms with van der Waals surface area (Å²) in [5, 5.41) is 6.28. The third-order valence-electron chi connectivity index (χ3n) is 5.80. The van der Waals surface area contributed by atoms with Crippen LogP contribution in [0.5, 0.6) is 0 Å². The van der Waals surface area contributed by atoms with E-state index >= 15 is 0 Å². The number of benzene rings is 2. The molecular formula is C23H26ClN3S. The first-order valence-electron chi connectivity index (χ1n) is 10.0. The maximum atomic E-state index is 6.30. The minimum Gasteiger partial charge on any atom is -0.361 e. The third kappa shape index (κ3) is 4.03. The Hall–Kier alpha value is -2.04. The van der Waals surface area contributed by atoms with Crippen LogP contribution in [0.2, 0.25) is 5.02 Å². The number of aromatic amines is 1. The maximum Gasteiger partial charge on any atom is 0.173 e. The third-order valence-corrected chi connectivity index (χ3v) is 6.55. The van der Waals surface area contributed by atoms with E-state index in [9.17, 15) is 0 Å². The number of thiocarbonyl (C=S) groups is 1. The summed E-state index contributed by atoms with van der Waals surface area (Å²) in [7, 11) is 0. The quantitative estimate of drug-likeness (QED) is 0.470. The van der Waals surface area contributed by atoms with Crippen LogP contribution in [0.15, 0.2) is 48.7 Å². The number of rotatable bonds is 4. The molecule has 4 rings (SSSR count). The van der Waals surface area contributed by atoms with Gasteiger partial charge in [0.1, 0.15) is 0 Å². The van der Waals surface area contributed by atoms with Crippen molar-refractivity contribution in [3.05, 3.63) is 64.8 Å². The molecule has 0 aliphatic heterocycles. The summed E-state index contributed by atoms with van der Waals surface area (Å²) in [6.45, 7) is 2.83. The molecule has 1 aromatic heterocycles. The second kappa shape index (κ2) is 8.54. The van der Waals surface area contributed by atoms with Crippen LogP contribution in [0.25, 0.3) is 10.9 Å². The Bertz CT molecular complexity index is 975. The van der Waals surface area contributed by atoms with E-state index in [-0.39, 0.29) is 0 Å². The zero-order chi connectivity index (χ0) is 19.5. The Morgan fingerprint density at radius 3 is 2.75 bits per heavy atom. The van der Waals surface area contributed by atoms with Crippen molar-refractivity contribution in [1.29, 1.82) is 0 Å². The van der Waals surface area contributed by atoms with E-state index in [0.717, 1.165) is 27.9 Å². The summed E-state index contributed by atoms with van der Waals surface area (Å²) in [5.41, 5.74) is 4.47. The lowest BCUT2D eigenvalue weighted by molar-refractivity contribution is 0.241. The number of anilines is 1. The normalized spacial score (nSPS) is 14.9. The van der Waals surface area contributed by atoms with E-state index in [0.29, 0.717) is 6.04 Å². The molecule has 0 amide bonds. The minimum absolute atomic E-state index is 0.474. The van der Waals surface area contributed by atoms with Gasteiger partial charge >= 0.3 is 0 Å². The van der Waals surface area contributed by atoms with Crippen molar-refractivity contribution in [3.8, 4) is 0 Å². The monoisotopic (exact) mass is 411 g/mol. The van der Waals surface area contributed by atoms with Gasteiger partial charge in [0.15, 0.2) is 5.11 Å². The molecule has 3 nitrogen and oxygen atoms in total. The van der Waals surface area contributed by atoms with Gasteiger partial charge in [0, 0.05) is 40.4 Å². The van der Waals surface area contributed by atoms with Crippen molar-refractivity contribution in [2.45, 2.75) is 51.6 Å². The van der Waals surface area contributed by atoms with Crippen LogP contribution in [0, 0.1) is 6.92 Å². The number of halogens is 1. The molecule has 3 aromatic rings. The Balaban J connectivity index is 1.61. The summed E-state index contributed by atoms with van der Waals surface area (Å²) in [6.07, 6.45) is 8.37. The lowest BCUT2D eigenvalue weighted by atomic mass is 9.94. The van der Waals surface area contributed by atoms with E-state index in [1.165, 1.54) is 48.6 Å². The van der Waals surface area contributed by atoms with Crippen molar-refractivity contribution < 1.29 is 0 Å². The fraction of sp³-hybridized carbons (Fsp3) is 0.348. The van der Waals surface area contributed by atoms with E-state index in [4.69, 9.17) is 23.8 Å². The molecule has 1 aliphatic rings. The SMILES string of the molecule is Cc1c(Cl)cccc1NC(=S)N(Cc1c[nH]c2ccccc12)C1CCCCC1. The van der Waals surface area contributed by atoms with Gasteiger partial charge < -0.3 is 15.2 Å². The number of hydrogen-bond acceptors (Lipinski definition) is 1. The molecule has 1 fully saturated rings. The molecule has 2 N–H and O–H groups in total. The molecule has 146 valence electrons. The van der Waals surface area contributed by atoms with Gasteiger partial charge in [-0.3, -0.25) is 0 Å². The second-order valence-corrected chi connectivity index (χ2v) is 8.42. The molecule has 0 spiro atoms. The van der Waals surface area contributed by atoms with Crippen LogP contribution in [-0.4, -0.2) is 21.0 Å². The molecular weight excluding hydrogens is 386 g/mol. The first-order chi connectivity index (χ1) is 13.6. The largest absolute Gasteiger partial charge is 0.361 e.